The van der Waals surface area contributed by atoms with Gasteiger partial charge < -0.3 is 15.0 Å². The van der Waals surface area contributed by atoms with Crippen LogP contribution in [0, 0.1) is 6.92 Å². The molecule has 0 bridgehead atoms. The molecule has 0 unspecified atom stereocenters. The number of fused-ring (bicyclic) bond motifs is 1. The number of aryl methyl sites for hydroxylation is 2. The van der Waals surface area contributed by atoms with Gasteiger partial charge in [0.2, 0.25) is 5.91 Å². The van der Waals surface area contributed by atoms with E-state index < -0.39 is 12.8 Å². The van der Waals surface area contributed by atoms with E-state index in [2.05, 4.69) is 15.3 Å². The van der Waals surface area contributed by atoms with Crippen molar-refractivity contribution in [1.82, 2.24) is 15.3 Å². The van der Waals surface area contributed by atoms with E-state index in [1.54, 1.807) is 13.8 Å². The maximum atomic E-state index is 12.4. The Morgan fingerprint density at radius 2 is 2.07 bits per heavy atom. The molecule has 0 fully saturated rings. The van der Waals surface area contributed by atoms with Crippen molar-refractivity contribution in [2.24, 2.45) is 0 Å². The standard InChI is InChI=1S/C21H22F3N3O2/c1-13-9-16(29-12-21(22,23)24)11-26-20(13)14(2)27-19(28)8-7-15-10-25-18-6-4-3-5-17(15)18/h3-6,9-11,14,25H,7-8,12H2,1-2H3,(H,27,28)/t14-/m1/s1. The van der Waals surface area contributed by atoms with Crippen LogP contribution in [0.15, 0.2) is 42.7 Å². The monoisotopic (exact) mass is 405 g/mol. The Hall–Kier alpha value is -3.03. The summed E-state index contributed by atoms with van der Waals surface area (Å²) in [6, 6.07) is 9.02. The molecule has 0 spiro atoms. The van der Waals surface area contributed by atoms with Crippen LogP contribution in [0.25, 0.3) is 10.9 Å². The summed E-state index contributed by atoms with van der Waals surface area (Å²) in [6.07, 6.45) is -0.342. The van der Waals surface area contributed by atoms with Crippen molar-refractivity contribution in [3.63, 3.8) is 0 Å². The predicted octanol–water partition coefficient (Wildman–Crippen LogP) is 4.62. The highest BCUT2D eigenvalue weighted by Gasteiger charge is 2.28. The summed E-state index contributed by atoms with van der Waals surface area (Å²) < 4.78 is 41.5. The zero-order valence-corrected chi connectivity index (χ0v) is 16.1. The number of benzene rings is 1. The highest BCUT2D eigenvalue weighted by atomic mass is 19.4. The van der Waals surface area contributed by atoms with Crippen molar-refractivity contribution in [1.29, 1.82) is 0 Å². The number of rotatable bonds is 7. The van der Waals surface area contributed by atoms with Gasteiger partial charge in [-0.2, -0.15) is 13.2 Å². The Morgan fingerprint density at radius 3 is 2.79 bits per heavy atom. The van der Waals surface area contributed by atoms with E-state index in [-0.39, 0.29) is 17.7 Å². The lowest BCUT2D eigenvalue weighted by molar-refractivity contribution is -0.153. The fourth-order valence-corrected chi connectivity index (χ4v) is 3.23. The number of carbonyl (C=O) groups is 1. The van der Waals surface area contributed by atoms with E-state index in [9.17, 15) is 18.0 Å². The van der Waals surface area contributed by atoms with Crippen LogP contribution in [0.5, 0.6) is 5.75 Å². The molecule has 3 rings (SSSR count). The Balaban J connectivity index is 1.56. The van der Waals surface area contributed by atoms with Crippen molar-refractivity contribution >= 4 is 16.8 Å². The number of hydrogen-bond donors (Lipinski definition) is 2. The highest BCUT2D eigenvalue weighted by molar-refractivity contribution is 5.84. The van der Waals surface area contributed by atoms with Crippen LogP contribution >= 0.6 is 0 Å². The van der Waals surface area contributed by atoms with Crippen molar-refractivity contribution in [3.05, 3.63) is 59.5 Å². The minimum absolute atomic E-state index is 0.0430. The molecular formula is C21H22F3N3O2. The number of H-pyrrole nitrogens is 1. The molecule has 0 aliphatic heterocycles. The van der Waals surface area contributed by atoms with Crippen molar-refractivity contribution in [2.45, 2.75) is 38.9 Å². The molecule has 0 saturated heterocycles. The van der Waals surface area contributed by atoms with E-state index in [1.807, 2.05) is 30.5 Å². The zero-order valence-electron chi connectivity index (χ0n) is 16.1. The molecule has 0 aliphatic rings. The third kappa shape index (κ3) is 5.49. The number of amides is 1. The summed E-state index contributed by atoms with van der Waals surface area (Å²) in [4.78, 5) is 19.7. The van der Waals surface area contributed by atoms with Gasteiger partial charge in [-0.25, -0.2) is 0 Å². The van der Waals surface area contributed by atoms with Gasteiger partial charge in [0.1, 0.15) is 5.75 Å². The lowest BCUT2D eigenvalue weighted by atomic mass is 10.1. The first-order chi connectivity index (χ1) is 13.7. The second-order valence-electron chi connectivity index (χ2n) is 6.93. The number of nitrogens with one attached hydrogen (secondary N) is 2. The van der Waals surface area contributed by atoms with Gasteiger partial charge in [-0.3, -0.25) is 9.78 Å². The molecule has 5 nitrogen and oxygen atoms in total. The molecule has 2 N–H and O–H groups in total. The van der Waals surface area contributed by atoms with Crippen molar-refractivity contribution in [2.75, 3.05) is 6.61 Å². The molecule has 154 valence electrons. The molecular weight excluding hydrogens is 383 g/mol. The number of pyridine rings is 1. The molecule has 2 aromatic heterocycles. The van der Waals surface area contributed by atoms with Gasteiger partial charge in [-0.15, -0.1) is 0 Å². The molecule has 2 heterocycles. The van der Waals surface area contributed by atoms with Crippen LogP contribution in [0.1, 0.15) is 36.2 Å². The average Bonchev–Trinajstić information content (AvgIpc) is 3.07. The summed E-state index contributed by atoms with van der Waals surface area (Å²) in [7, 11) is 0. The summed E-state index contributed by atoms with van der Waals surface area (Å²) in [6.45, 7) is 2.14. The van der Waals surface area contributed by atoms with Gasteiger partial charge in [-0.1, -0.05) is 18.2 Å². The first-order valence-electron chi connectivity index (χ1n) is 9.23. The van der Waals surface area contributed by atoms with Crippen LogP contribution in [-0.4, -0.2) is 28.7 Å². The van der Waals surface area contributed by atoms with Crippen LogP contribution in [0.2, 0.25) is 0 Å². The van der Waals surface area contributed by atoms with E-state index in [0.717, 1.165) is 16.5 Å². The Bertz CT molecular complexity index is 998. The number of aromatic nitrogens is 2. The minimum atomic E-state index is -4.40. The molecule has 3 aromatic rings. The second-order valence-corrected chi connectivity index (χ2v) is 6.93. The summed E-state index contributed by atoms with van der Waals surface area (Å²) >= 11 is 0. The third-order valence-corrected chi connectivity index (χ3v) is 4.58. The van der Waals surface area contributed by atoms with Crippen LogP contribution in [0.3, 0.4) is 0 Å². The smallest absolute Gasteiger partial charge is 0.422 e. The Kier molecular flexibility index (Phi) is 6.10. The average molecular weight is 405 g/mol. The SMILES string of the molecule is Cc1cc(OCC(F)(F)F)cnc1[C@@H](C)NC(=O)CCc1c[nH]c2ccccc12. The van der Waals surface area contributed by atoms with Crippen molar-refractivity contribution < 1.29 is 22.7 Å². The lowest BCUT2D eigenvalue weighted by Gasteiger charge is -2.17. The molecule has 1 aromatic carbocycles. The summed E-state index contributed by atoms with van der Waals surface area (Å²) in [5.74, 6) is -0.0807. The minimum Gasteiger partial charge on any atom is -0.482 e. The van der Waals surface area contributed by atoms with Gasteiger partial charge in [0.25, 0.3) is 0 Å². The Morgan fingerprint density at radius 1 is 1.31 bits per heavy atom. The van der Waals surface area contributed by atoms with Gasteiger partial charge in [0, 0.05) is 23.5 Å². The number of hydrogen-bond acceptors (Lipinski definition) is 3. The molecule has 1 atom stereocenters. The first kappa shape index (κ1) is 20.7. The molecule has 0 saturated carbocycles. The van der Waals surface area contributed by atoms with E-state index in [4.69, 9.17) is 4.74 Å². The highest BCUT2D eigenvalue weighted by Crippen LogP contribution is 2.23. The van der Waals surface area contributed by atoms with Gasteiger partial charge in [-0.05, 0) is 43.5 Å². The predicted molar refractivity (Wildman–Crippen MR) is 104 cm³/mol. The van der Waals surface area contributed by atoms with Crippen LogP contribution in [0.4, 0.5) is 13.2 Å². The molecule has 29 heavy (non-hydrogen) atoms. The van der Waals surface area contributed by atoms with Gasteiger partial charge >= 0.3 is 6.18 Å². The van der Waals surface area contributed by atoms with Gasteiger partial charge in [0.15, 0.2) is 6.61 Å². The van der Waals surface area contributed by atoms with E-state index >= 15 is 0 Å². The van der Waals surface area contributed by atoms with Gasteiger partial charge in [0.05, 0.1) is 17.9 Å². The van der Waals surface area contributed by atoms with Crippen LogP contribution in [-0.2, 0) is 11.2 Å². The molecule has 0 radical (unpaired) electrons. The van der Waals surface area contributed by atoms with E-state index in [1.165, 1.54) is 12.3 Å². The topological polar surface area (TPSA) is 67.0 Å². The largest absolute Gasteiger partial charge is 0.482 e. The normalized spacial score (nSPS) is 12.7. The molecule has 8 heteroatoms. The number of carbonyl (C=O) groups excluding carboxylic acids is 1. The maximum Gasteiger partial charge on any atom is 0.422 e. The maximum absolute atomic E-state index is 12.4. The molecule has 0 aliphatic carbocycles. The first-order valence-corrected chi connectivity index (χ1v) is 9.23. The summed E-state index contributed by atoms with van der Waals surface area (Å²) in [5, 5.41) is 3.99. The number of ether oxygens (including phenoxy) is 1. The second kappa shape index (κ2) is 8.55. The lowest BCUT2D eigenvalue weighted by Crippen LogP contribution is -2.28. The zero-order chi connectivity index (χ0) is 21.0. The fourth-order valence-electron chi connectivity index (χ4n) is 3.23. The third-order valence-electron chi connectivity index (χ3n) is 4.58. The number of para-hydroxylation sites is 1. The number of alkyl halides is 3. The van der Waals surface area contributed by atoms with Crippen LogP contribution < -0.4 is 10.1 Å². The number of aromatic amines is 1. The number of halogens is 3. The fraction of sp³-hybridized carbons (Fsp3) is 0.333. The van der Waals surface area contributed by atoms with E-state index in [0.29, 0.717) is 24.1 Å². The molecule has 1 amide bonds. The quantitative estimate of drug-likeness (QED) is 0.603. The summed E-state index contributed by atoms with van der Waals surface area (Å²) in [5.41, 5.74) is 3.34. The Labute approximate surface area is 166 Å². The van der Waals surface area contributed by atoms with Crippen molar-refractivity contribution in [3.8, 4) is 5.75 Å². The number of nitrogens with zero attached hydrogens (tertiary/aromatic N) is 1.